The van der Waals surface area contributed by atoms with Crippen molar-refractivity contribution in [3.63, 3.8) is 0 Å². The van der Waals surface area contributed by atoms with Gasteiger partial charge in [0.15, 0.2) is 0 Å². The Balaban J connectivity index is 2.29. The summed E-state index contributed by atoms with van der Waals surface area (Å²) in [6.45, 7) is 1.85. The van der Waals surface area contributed by atoms with E-state index in [1.165, 1.54) is 11.1 Å². The number of carbonyl (C=O) groups excluding carboxylic acids is 1. The van der Waals surface area contributed by atoms with Gasteiger partial charge in [-0.15, -0.1) is 0 Å². The molecule has 0 spiro atoms. The molecule has 1 aromatic heterocycles. The first-order chi connectivity index (χ1) is 7.99. The highest BCUT2D eigenvalue weighted by Gasteiger charge is 2.35. The number of aryl methyl sites for hydroxylation is 1. The Kier molecular flexibility index (Phi) is 2.97. The summed E-state index contributed by atoms with van der Waals surface area (Å²) >= 11 is 5.62. The van der Waals surface area contributed by atoms with Gasteiger partial charge in [0.25, 0.3) is 0 Å². The first-order valence-electron chi connectivity index (χ1n) is 5.01. The van der Waals surface area contributed by atoms with E-state index in [0.29, 0.717) is 11.4 Å². The van der Waals surface area contributed by atoms with Gasteiger partial charge in [-0.2, -0.15) is 0 Å². The van der Waals surface area contributed by atoms with Crippen LogP contribution in [0.5, 0.6) is 0 Å². The van der Waals surface area contributed by atoms with Gasteiger partial charge >= 0.3 is 5.97 Å². The van der Waals surface area contributed by atoms with E-state index in [0.717, 1.165) is 0 Å². The van der Waals surface area contributed by atoms with Crippen LogP contribution in [0, 0.1) is 12.8 Å². The summed E-state index contributed by atoms with van der Waals surface area (Å²) in [6.07, 6.45) is 1.45. The molecule has 1 saturated heterocycles. The van der Waals surface area contributed by atoms with Crippen LogP contribution in [0.2, 0.25) is 5.28 Å². The first kappa shape index (κ1) is 11.8. The fraction of sp³-hybridized carbons (Fsp3) is 0.400. The van der Waals surface area contributed by atoms with E-state index in [1.54, 1.807) is 6.92 Å². The maximum absolute atomic E-state index is 11.7. The second kappa shape index (κ2) is 4.29. The maximum atomic E-state index is 11.7. The van der Waals surface area contributed by atoms with Crippen LogP contribution in [0.25, 0.3) is 0 Å². The lowest BCUT2D eigenvalue weighted by Crippen LogP contribution is -2.27. The summed E-state index contributed by atoms with van der Waals surface area (Å²) in [5.41, 5.74) is 1.08. The number of halogens is 1. The zero-order valence-electron chi connectivity index (χ0n) is 9.05. The number of carboxylic acid groups (broad SMARTS) is 1. The molecule has 17 heavy (non-hydrogen) atoms. The van der Waals surface area contributed by atoms with Gasteiger partial charge in [0.1, 0.15) is 0 Å². The molecule has 1 fully saturated rings. The van der Waals surface area contributed by atoms with Crippen LogP contribution < -0.4 is 4.90 Å². The lowest BCUT2D eigenvalue weighted by molar-refractivity contribution is -0.141. The number of anilines is 1. The van der Waals surface area contributed by atoms with Crippen LogP contribution >= 0.6 is 11.6 Å². The molecular formula is C10H10ClN3O3. The van der Waals surface area contributed by atoms with Crippen LogP contribution in [0.1, 0.15) is 12.1 Å². The number of hydrogen-bond donors (Lipinski definition) is 1. The Bertz CT molecular complexity index is 492. The summed E-state index contributed by atoms with van der Waals surface area (Å²) in [5.74, 6) is -1.86. The number of aromatic nitrogens is 2. The molecule has 2 heterocycles. The highest BCUT2D eigenvalue weighted by Crippen LogP contribution is 2.27. The summed E-state index contributed by atoms with van der Waals surface area (Å²) in [5, 5.41) is 8.98. The SMILES string of the molecule is Cc1nc(Cl)ncc1N1CC(C(=O)O)CC1=O. The van der Waals surface area contributed by atoms with Crippen molar-refractivity contribution in [3.8, 4) is 0 Å². The molecule has 0 saturated carbocycles. The van der Waals surface area contributed by atoms with E-state index in [-0.39, 0.29) is 24.2 Å². The fourth-order valence-electron chi connectivity index (χ4n) is 1.80. The molecule has 0 aromatic carbocycles. The Morgan fingerprint density at radius 1 is 1.65 bits per heavy atom. The second-order valence-corrected chi connectivity index (χ2v) is 4.19. The lowest BCUT2D eigenvalue weighted by Gasteiger charge is -2.17. The van der Waals surface area contributed by atoms with Crippen LogP contribution in [0.4, 0.5) is 5.69 Å². The number of nitrogens with zero attached hydrogens (tertiary/aromatic N) is 3. The molecule has 6 nitrogen and oxygen atoms in total. The predicted molar refractivity (Wildman–Crippen MR) is 59.9 cm³/mol. The van der Waals surface area contributed by atoms with Gasteiger partial charge in [-0.1, -0.05) is 0 Å². The smallest absolute Gasteiger partial charge is 0.308 e. The van der Waals surface area contributed by atoms with Crippen LogP contribution in [0.15, 0.2) is 6.20 Å². The predicted octanol–water partition coefficient (Wildman–Crippen LogP) is 0.876. The minimum atomic E-state index is -0.964. The first-order valence-corrected chi connectivity index (χ1v) is 5.39. The third-order valence-electron chi connectivity index (χ3n) is 2.69. The van der Waals surface area contributed by atoms with E-state index in [1.807, 2.05) is 0 Å². The average Bonchev–Trinajstić information content (AvgIpc) is 2.61. The normalized spacial score (nSPS) is 19.8. The Labute approximate surface area is 102 Å². The van der Waals surface area contributed by atoms with Crippen molar-refractivity contribution >= 4 is 29.2 Å². The van der Waals surface area contributed by atoms with Crippen molar-refractivity contribution in [2.24, 2.45) is 5.92 Å². The molecule has 1 amide bonds. The minimum Gasteiger partial charge on any atom is -0.481 e. The molecule has 1 unspecified atom stereocenters. The largest absolute Gasteiger partial charge is 0.481 e. The quantitative estimate of drug-likeness (QED) is 0.793. The van der Waals surface area contributed by atoms with Gasteiger partial charge in [0, 0.05) is 13.0 Å². The standard InChI is InChI=1S/C10H10ClN3O3/c1-5-7(3-12-10(11)13-5)14-4-6(9(16)17)2-8(14)15/h3,6H,2,4H2,1H3,(H,16,17). The highest BCUT2D eigenvalue weighted by atomic mass is 35.5. The molecule has 1 atom stereocenters. The highest BCUT2D eigenvalue weighted by molar-refractivity contribution is 6.28. The van der Waals surface area contributed by atoms with Gasteiger partial charge in [-0.05, 0) is 18.5 Å². The third-order valence-corrected chi connectivity index (χ3v) is 2.87. The van der Waals surface area contributed by atoms with Crippen molar-refractivity contribution in [2.45, 2.75) is 13.3 Å². The molecular weight excluding hydrogens is 246 g/mol. The average molecular weight is 256 g/mol. The minimum absolute atomic E-state index is 0.0113. The number of rotatable bonds is 2. The number of hydrogen-bond acceptors (Lipinski definition) is 4. The van der Waals surface area contributed by atoms with E-state index in [2.05, 4.69) is 9.97 Å². The zero-order chi connectivity index (χ0) is 12.6. The molecule has 1 aliphatic heterocycles. The lowest BCUT2D eigenvalue weighted by atomic mass is 10.1. The van der Waals surface area contributed by atoms with E-state index in [9.17, 15) is 9.59 Å². The molecule has 0 aliphatic carbocycles. The van der Waals surface area contributed by atoms with Gasteiger partial charge in [-0.3, -0.25) is 9.59 Å². The Hall–Kier alpha value is -1.69. The number of carboxylic acids is 1. The van der Waals surface area contributed by atoms with Crippen molar-refractivity contribution in [1.82, 2.24) is 9.97 Å². The molecule has 0 bridgehead atoms. The number of amides is 1. The van der Waals surface area contributed by atoms with Gasteiger partial charge in [0.2, 0.25) is 11.2 Å². The van der Waals surface area contributed by atoms with Crippen molar-refractivity contribution < 1.29 is 14.7 Å². The zero-order valence-corrected chi connectivity index (χ0v) is 9.81. The van der Waals surface area contributed by atoms with Gasteiger partial charge < -0.3 is 10.0 Å². The molecule has 1 aliphatic rings. The van der Waals surface area contributed by atoms with Gasteiger partial charge in [-0.25, -0.2) is 9.97 Å². The molecule has 1 aromatic rings. The molecule has 1 N–H and O–H groups in total. The Morgan fingerprint density at radius 3 is 2.88 bits per heavy atom. The molecule has 7 heteroatoms. The van der Waals surface area contributed by atoms with E-state index >= 15 is 0 Å². The maximum Gasteiger partial charge on any atom is 0.308 e. The molecule has 2 rings (SSSR count). The Morgan fingerprint density at radius 2 is 2.35 bits per heavy atom. The summed E-state index contributed by atoms with van der Waals surface area (Å²) in [4.78, 5) is 31.7. The van der Waals surface area contributed by atoms with Crippen LogP contribution in [0.3, 0.4) is 0 Å². The van der Waals surface area contributed by atoms with Crippen LogP contribution in [-0.4, -0.2) is 33.5 Å². The van der Waals surface area contributed by atoms with E-state index in [4.69, 9.17) is 16.7 Å². The van der Waals surface area contributed by atoms with Gasteiger partial charge in [0.05, 0.1) is 23.5 Å². The van der Waals surface area contributed by atoms with Crippen LogP contribution in [-0.2, 0) is 9.59 Å². The summed E-state index contributed by atoms with van der Waals surface area (Å²) in [7, 11) is 0. The second-order valence-electron chi connectivity index (χ2n) is 3.85. The monoisotopic (exact) mass is 255 g/mol. The van der Waals surface area contributed by atoms with Crippen molar-refractivity contribution in [1.29, 1.82) is 0 Å². The number of aliphatic carboxylic acids is 1. The third kappa shape index (κ3) is 2.21. The molecule has 0 radical (unpaired) electrons. The summed E-state index contributed by atoms with van der Waals surface area (Å²) < 4.78 is 0. The molecule has 90 valence electrons. The summed E-state index contributed by atoms with van der Waals surface area (Å²) in [6, 6.07) is 0. The van der Waals surface area contributed by atoms with E-state index < -0.39 is 11.9 Å². The fourth-order valence-corrected chi connectivity index (χ4v) is 1.98. The topological polar surface area (TPSA) is 83.4 Å². The number of carbonyl (C=O) groups is 2. The van der Waals surface area contributed by atoms with Crippen molar-refractivity contribution in [3.05, 3.63) is 17.2 Å². The van der Waals surface area contributed by atoms with Crippen molar-refractivity contribution in [2.75, 3.05) is 11.4 Å².